The number of benzene rings is 1. The number of pyridine rings is 1. The smallest absolute Gasteiger partial charge is 0.317 e. The van der Waals surface area contributed by atoms with Gasteiger partial charge in [0.05, 0.1) is 5.03 Å². The third kappa shape index (κ3) is 2.98. The highest BCUT2D eigenvalue weighted by Crippen LogP contribution is 2.27. The first-order chi connectivity index (χ1) is 8.99. The topological polar surface area (TPSA) is 70.2 Å². The van der Waals surface area contributed by atoms with Gasteiger partial charge in [0.2, 0.25) is 0 Å². The molecule has 2 rings (SSSR count). The molecule has 4 nitrogen and oxygen atoms in total. The van der Waals surface area contributed by atoms with Crippen LogP contribution in [0.2, 0.25) is 0 Å². The Bertz CT molecular complexity index is 663. The van der Waals surface area contributed by atoms with Gasteiger partial charge < -0.3 is 10.1 Å². The van der Waals surface area contributed by atoms with Crippen molar-refractivity contribution in [3.05, 3.63) is 40.7 Å². The first-order valence-electron chi connectivity index (χ1n) is 6.00. The summed E-state index contributed by atoms with van der Waals surface area (Å²) in [5.74, 6) is -0.883. The van der Waals surface area contributed by atoms with Crippen molar-refractivity contribution in [2.75, 3.05) is 0 Å². The average molecular weight is 277 g/mol. The van der Waals surface area contributed by atoms with Crippen molar-refractivity contribution in [3.8, 4) is 0 Å². The highest BCUT2D eigenvalue weighted by Gasteiger charge is 2.23. The maximum absolute atomic E-state index is 11.9. The van der Waals surface area contributed by atoms with Crippen molar-refractivity contribution >= 4 is 28.5 Å². The van der Waals surface area contributed by atoms with Gasteiger partial charge in [0, 0.05) is 5.39 Å². The summed E-state index contributed by atoms with van der Waals surface area (Å²) >= 11 is 1.18. The number of carboxylic acids is 1. The number of rotatable bonds is 4. The normalized spacial score (nSPS) is 12.8. The van der Waals surface area contributed by atoms with E-state index in [-0.39, 0.29) is 11.5 Å². The Morgan fingerprint density at radius 3 is 2.63 bits per heavy atom. The number of hydrogen-bond acceptors (Lipinski definition) is 3. The van der Waals surface area contributed by atoms with Gasteiger partial charge in [0.15, 0.2) is 0 Å². The molecule has 0 aliphatic carbocycles. The molecule has 0 aliphatic heterocycles. The highest BCUT2D eigenvalue weighted by atomic mass is 32.2. The van der Waals surface area contributed by atoms with Crippen LogP contribution in [0.1, 0.15) is 13.8 Å². The summed E-state index contributed by atoms with van der Waals surface area (Å²) in [6.07, 6.45) is 0. The lowest BCUT2D eigenvalue weighted by Gasteiger charge is -2.15. The maximum Gasteiger partial charge on any atom is 0.317 e. The maximum atomic E-state index is 11.9. The summed E-state index contributed by atoms with van der Waals surface area (Å²) in [4.78, 5) is 25.8. The predicted molar refractivity (Wildman–Crippen MR) is 76.7 cm³/mol. The van der Waals surface area contributed by atoms with E-state index in [1.165, 1.54) is 11.8 Å². The van der Waals surface area contributed by atoms with Crippen molar-refractivity contribution in [1.29, 1.82) is 0 Å². The molecule has 0 aliphatic rings. The van der Waals surface area contributed by atoms with Crippen LogP contribution in [0.15, 0.2) is 40.2 Å². The van der Waals surface area contributed by atoms with Crippen molar-refractivity contribution in [2.24, 2.45) is 5.92 Å². The van der Waals surface area contributed by atoms with Crippen LogP contribution >= 0.6 is 11.8 Å². The average Bonchev–Trinajstić information content (AvgIpc) is 2.35. The molecule has 2 aromatic rings. The van der Waals surface area contributed by atoms with E-state index in [4.69, 9.17) is 0 Å². The summed E-state index contributed by atoms with van der Waals surface area (Å²) in [6.45, 7) is 3.70. The van der Waals surface area contributed by atoms with Gasteiger partial charge >= 0.3 is 5.97 Å². The molecule has 5 heteroatoms. The molecule has 100 valence electrons. The first-order valence-corrected chi connectivity index (χ1v) is 6.88. The van der Waals surface area contributed by atoms with Gasteiger partial charge in [-0.3, -0.25) is 9.59 Å². The number of thioether (sulfide) groups is 1. The first kappa shape index (κ1) is 13.7. The fourth-order valence-corrected chi connectivity index (χ4v) is 2.85. The van der Waals surface area contributed by atoms with Crippen molar-refractivity contribution in [3.63, 3.8) is 0 Å². The Balaban J connectivity index is 2.41. The summed E-state index contributed by atoms with van der Waals surface area (Å²) in [5, 5.41) is 10.6. The van der Waals surface area contributed by atoms with Crippen LogP contribution in [-0.2, 0) is 4.79 Å². The molecule has 0 bridgehead atoms. The van der Waals surface area contributed by atoms with Gasteiger partial charge in [-0.05, 0) is 23.4 Å². The number of H-pyrrole nitrogens is 1. The third-order valence-corrected chi connectivity index (χ3v) is 4.31. The number of aliphatic carboxylic acids is 1. The number of carbonyl (C=O) groups is 1. The van der Waals surface area contributed by atoms with Crippen molar-refractivity contribution in [2.45, 2.75) is 24.1 Å². The van der Waals surface area contributed by atoms with E-state index >= 15 is 0 Å². The van der Waals surface area contributed by atoms with Gasteiger partial charge in [-0.1, -0.05) is 43.8 Å². The largest absolute Gasteiger partial charge is 0.480 e. The lowest BCUT2D eigenvalue weighted by molar-refractivity contribution is -0.137. The zero-order valence-electron chi connectivity index (χ0n) is 10.7. The van der Waals surface area contributed by atoms with Crippen LogP contribution in [0.25, 0.3) is 10.8 Å². The highest BCUT2D eigenvalue weighted by molar-refractivity contribution is 8.00. The van der Waals surface area contributed by atoms with Crippen LogP contribution in [0.5, 0.6) is 0 Å². The van der Waals surface area contributed by atoms with Gasteiger partial charge in [-0.15, -0.1) is 0 Å². The van der Waals surface area contributed by atoms with E-state index in [9.17, 15) is 14.7 Å². The summed E-state index contributed by atoms with van der Waals surface area (Å²) < 4.78 is 0. The van der Waals surface area contributed by atoms with Crippen molar-refractivity contribution in [1.82, 2.24) is 4.98 Å². The Labute approximate surface area is 114 Å². The number of hydrogen-bond donors (Lipinski definition) is 2. The SMILES string of the molecule is CC(C)C(Sc1cc2ccccc2c(=O)[nH]1)C(=O)O. The Morgan fingerprint density at radius 2 is 2.00 bits per heavy atom. The lowest BCUT2D eigenvalue weighted by atomic mass is 10.1. The fraction of sp³-hybridized carbons (Fsp3) is 0.286. The molecule has 1 unspecified atom stereocenters. The van der Waals surface area contributed by atoms with Crippen LogP contribution < -0.4 is 5.56 Å². The van der Waals surface area contributed by atoms with E-state index in [1.807, 2.05) is 32.0 Å². The predicted octanol–water partition coefficient (Wildman–Crippen LogP) is 2.73. The Morgan fingerprint density at radius 1 is 1.32 bits per heavy atom. The molecule has 0 saturated carbocycles. The number of fused-ring (bicyclic) bond motifs is 1. The second-order valence-electron chi connectivity index (χ2n) is 4.67. The molecule has 19 heavy (non-hydrogen) atoms. The summed E-state index contributed by atoms with van der Waals surface area (Å²) in [5.41, 5.74) is -0.187. The monoisotopic (exact) mass is 277 g/mol. The summed E-state index contributed by atoms with van der Waals surface area (Å²) in [7, 11) is 0. The van der Waals surface area contributed by atoms with E-state index < -0.39 is 11.2 Å². The second-order valence-corrected chi connectivity index (χ2v) is 5.85. The zero-order valence-corrected chi connectivity index (χ0v) is 11.5. The van der Waals surface area contributed by atoms with Gasteiger partial charge in [0.1, 0.15) is 5.25 Å². The number of aromatic nitrogens is 1. The van der Waals surface area contributed by atoms with Crippen LogP contribution in [0.4, 0.5) is 0 Å². The minimum Gasteiger partial charge on any atom is -0.480 e. The lowest BCUT2D eigenvalue weighted by Crippen LogP contribution is -2.23. The van der Waals surface area contributed by atoms with E-state index in [0.29, 0.717) is 10.4 Å². The molecule has 2 N–H and O–H groups in total. The quantitative estimate of drug-likeness (QED) is 0.843. The minimum atomic E-state index is -0.867. The molecular weight excluding hydrogens is 262 g/mol. The van der Waals surface area contributed by atoms with Crippen LogP contribution in [0.3, 0.4) is 0 Å². The molecule has 0 amide bonds. The Kier molecular flexibility index (Phi) is 3.95. The van der Waals surface area contributed by atoms with E-state index in [2.05, 4.69) is 4.98 Å². The minimum absolute atomic E-state index is 0.0162. The zero-order chi connectivity index (χ0) is 14.0. The second kappa shape index (κ2) is 5.48. The van der Waals surface area contributed by atoms with Crippen LogP contribution in [0, 0.1) is 5.92 Å². The number of nitrogens with one attached hydrogen (secondary N) is 1. The fourth-order valence-electron chi connectivity index (χ4n) is 1.86. The molecule has 1 aromatic carbocycles. The van der Waals surface area contributed by atoms with E-state index in [1.54, 1.807) is 12.1 Å². The standard InChI is InChI=1S/C14H15NO3S/c1-8(2)12(14(17)18)19-11-7-9-5-3-4-6-10(9)13(16)15-11/h3-8,12H,1-2H3,(H,15,16)(H,17,18). The molecule has 0 fully saturated rings. The molecule has 1 heterocycles. The number of aromatic amines is 1. The van der Waals surface area contributed by atoms with E-state index in [0.717, 1.165) is 5.39 Å². The van der Waals surface area contributed by atoms with Crippen molar-refractivity contribution < 1.29 is 9.90 Å². The summed E-state index contributed by atoms with van der Waals surface area (Å²) in [6, 6.07) is 9.07. The molecule has 0 spiro atoms. The van der Waals surface area contributed by atoms with Gasteiger partial charge in [-0.2, -0.15) is 0 Å². The van der Waals surface area contributed by atoms with Gasteiger partial charge in [-0.25, -0.2) is 0 Å². The molecular formula is C14H15NO3S. The molecule has 0 saturated heterocycles. The third-order valence-electron chi connectivity index (χ3n) is 2.83. The molecule has 1 aromatic heterocycles. The molecule has 1 atom stereocenters. The van der Waals surface area contributed by atoms with Gasteiger partial charge in [0.25, 0.3) is 5.56 Å². The van der Waals surface area contributed by atoms with Crippen LogP contribution in [-0.4, -0.2) is 21.3 Å². The Hall–Kier alpha value is -1.75. The number of carboxylic acid groups (broad SMARTS) is 1. The molecule has 0 radical (unpaired) electrons.